The third-order valence-electron chi connectivity index (χ3n) is 4.96. The molecule has 1 heterocycles. The molecule has 2 aromatic carbocycles. The van der Waals surface area contributed by atoms with Gasteiger partial charge in [-0.05, 0) is 68.3 Å². The van der Waals surface area contributed by atoms with Crippen molar-refractivity contribution in [3.63, 3.8) is 0 Å². The predicted octanol–water partition coefficient (Wildman–Crippen LogP) is 3.98. The SMILES string of the molecule is CC(Oc1ccc(C#N)cc1)C(=O)Nc1ccc(C(=O)N2CCCCCC2)cc1. The largest absolute Gasteiger partial charge is 0.481 e. The molecule has 1 aliphatic heterocycles. The molecule has 2 amide bonds. The van der Waals surface area contributed by atoms with Crippen LogP contribution in [0, 0.1) is 11.3 Å². The molecule has 3 rings (SSSR count). The summed E-state index contributed by atoms with van der Waals surface area (Å²) in [5.74, 6) is 0.272. The second-order valence-corrected chi connectivity index (χ2v) is 7.17. The van der Waals surface area contributed by atoms with Gasteiger partial charge in [0.25, 0.3) is 11.8 Å². The smallest absolute Gasteiger partial charge is 0.265 e. The van der Waals surface area contributed by atoms with E-state index in [2.05, 4.69) is 5.32 Å². The van der Waals surface area contributed by atoms with E-state index in [1.807, 2.05) is 11.0 Å². The van der Waals surface area contributed by atoms with Gasteiger partial charge in [-0.3, -0.25) is 9.59 Å². The van der Waals surface area contributed by atoms with Crippen molar-refractivity contribution in [2.24, 2.45) is 0 Å². The van der Waals surface area contributed by atoms with Crippen molar-refractivity contribution in [1.82, 2.24) is 4.90 Å². The highest BCUT2D eigenvalue weighted by atomic mass is 16.5. The van der Waals surface area contributed by atoms with E-state index in [0.717, 1.165) is 25.9 Å². The van der Waals surface area contributed by atoms with E-state index in [9.17, 15) is 9.59 Å². The van der Waals surface area contributed by atoms with E-state index < -0.39 is 6.10 Å². The number of nitriles is 1. The molecule has 1 unspecified atom stereocenters. The van der Waals surface area contributed by atoms with Crippen LogP contribution in [-0.2, 0) is 4.79 Å². The Labute approximate surface area is 171 Å². The van der Waals surface area contributed by atoms with Gasteiger partial charge in [-0.25, -0.2) is 0 Å². The van der Waals surface area contributed by atoms with E-state index in [1.165, 1.54) is 12.8 Å². The van der Waals surface area contributed by atoms with Crippen molar-refractivity contribution >= 4 is 17.5 Å². The summed E-state index contributed by atoms with van der Waals surface area (Å²) < 4.78 is 5.62. The summed E-state index contributed by atoms with van der Waals surface area (Å²) in [6.07, 6.45) is 3.75. The van der Waals surface area contributed by atoms with Crippen LogP contribution in [0.1, 0.15) is 48.5 Å². The summed E-state index contributed by atoms with van der Waals surface area (Å²) in [5.41, 5.74) is 1.77. The fourth-order valence-corrected chi connectivity index (χ4v) is 3.26. The molecule has 0 aromatic heterocycles. The Morgan fingerprint density at radius 2 is 1.62 bits per heavy atom. The molecule has 0 radical (unpaired) electrons. The third-order valence-corrected chi connectivity index (χ3v) is 4.96. The number of likely N-dealkylation sites (tertiary alicyclic amines) is 1. The lowest BCUT2D eigenvalue weighted by Crippen LogP contribution is -2.32. The summed E-state index contributed by atoms with van der Waals surface area (Å²) in [4.78, 5) is 26.9. The molecule has 2 aromatic rings. The summed E-state index contributed by atoms with van der Waals surface area (Å²) in [6, 6.07) is 15.6. The minimum Gasteiger partial charge on any atom is -0.481 e. The zero-order valence-corrected chi connectivity index (χ0v) is 16.6. The first-order valence-corrected chi connectivity index (χ1v) is 9.94. The maximum Gasteiger partial charge on any atom is 0.265 e. The normalized spacial score (nSPS) is 15.0. The lowest BCUT2D eigenvalue weighted by atomic mass is 10.1. The second kappa shape index (κ2) is 9.74. The molecular formula is C23H25N3O3. The Bertz CT molecular complexity index is 877. The molecule has 150 valence electrons. The van der Waals surface area contributed by atoms with E-state index >= 15 is 0 Å². The summed E-state index contributed by atoms with van der Waals surface area (Å²) in [5, 5.41) is 11.6. The molecule has 1 fully saturated rings. The van der Waals surface area contributed by atoms with Crippen LogP contribution in [0.25, 0.3) is 0 Å². The highest BCUT2D eigenvalue weighted by Gasteiger charge is 2.18. The van der Waals surface area contributed by atoms with Gasteiger partial charge < -0.3 is 15.0 Å². The molecule has 0 saturated carbocycles. The predicted molar refractivity (Wildman–Crippen MR) is 111 cm³/mol. The molecule has 1 aliphatic rings. The average molecular weight is 391 g/mol. The molecular weight excluding hydrogens is 366 g/mol. The molecule has 1 atom stereocenters. The Kier molecular flexibility index (Phi) is 6.85. The highest BCUT2D eigenvalue weighted by Crippen LogP contribution is 2.17. The average Bonchev–Trinajstić information content (AvgIpc) is 3.04. The first-order chi connectivity index (χ1) is 14.1. The second-order valence-electron chi connectivity index (χ2n) is 7.17. The summed E-state index contributed by atoms with van der Waals surface area (Å²) in [6.45, 7) is 3.27. The van der Waals surface area contributed by atoms with Crippen molar-refractivity contribution in [2.45, 2.75) is 38.7 Å². The van der Waals surface area contributed by atoms with Crippen LogP contribution in [0.4, 0.5) is 5.69 Å². The number of nitrogens with zero attached hydrogens (tertiary/aromatic N) is 2. The van der Waals surface area contributed by atoms with Gasteiger partial charge in [0.05, 0.1) is 11.6 Å². The van der Waals surface area contributed by atoms with Crippen molar-refractivity contribution in [3.8, 4) is 11.8 Å². The van der Waals surface area contributed by atoms with Gasteiger partial charge in [-0.2, -0.15) is 5.26 Å². The van der Waals surface area contributed by atoms with Crippen molar-refractivity contribution in [1.29, 1.82) is 5.26 Å². The summed E-state index contributed by atoms with van der Waals surface area (Å²) >= 11 is 0. The summed E-state index contributed by atoms with van der Waals surface area (Å²) in [7, 11) is 0. The van der Waals surface area contributed by atoms with E-state index in [0.29, 0.717) is 22.6 Å². The van der Waals surface area contributed by atoms with Crippen LogP contribution in [0.15, 0.2) is 48.5 Å². The quantitative estimate of drug-likeness (QED) is 0.836. The first-order valence-electron chi connectivity index (χ1n) is 9.94. The molecule has 6 heteroatoms. The van der Waals surface area contributed by atoms with Gasteiger partial charge in [0, 0.05) is 24.3 Å². The monoisotopic (exact) mass is 391 g/mol. The molecule has 1 N–H and O–H groups in total. The molecule has 29 heavy (non-hydrogen) atoms. The number of carbonyl (C=O) groups excluding carboxylic acids is 2. The van der Waals surface area contributed by atoms with Crippen LogP contribution in [0.2, 0.25) is 0 Å². The number of ether oxygens (including phenoxy) is 1. The molecule has 0 bridgehead atoms. The Balaban J connectivity index is 1.56. The molecule has 0 aliphatic carbocycles. The van der Waals surface area contributed by atoms with Gasteiger partial charge in [-0.15, -0.1) is 0 Å². The number of benzene rings is 2. The molecule has 6 nitrogen and oxygen atoms in total. The zero-order valence-electron chi connectivity index (χ0n) is 16.6. The zero-order chi connectivity index (χ0) is 20.6. The van der Waals surface area contributed by atoms with Crippen LogP contribution in [-0.4, -0.2) is 35.9 Å². The number of nitrogens with one attached hydrogen (secondary N) is 1. The number of carbonyl (C=O) groups is 2. The standard InChI is InChI=1S/C23H25N3O3/c1-17(29-21-12-6-18(16-24)7-13-21)22(27)25-20-10-8-19(9-11-20)23(28)26-14-4-2-3-5-15-26/h6-13,17H,2-5,14-15H2,1H3,(H,25,27). The van der Waals surface area contributed by atoms with Gasteiger partial charge in [0.1, 0.15) is 5.75 Å². The van der Waals surface area contributed by atoms with Crippen molar-refractivity contribution in [2.75, 3.05) is 18.4 Å². The van der Waals surface area contributed by atoms with Gasteiger partial charge in [-0.1, -0.05) is 12.8 Å². The van der Waals surface area contributed by atoms with E-state index in [1.54, 1.807) is 55.5 Å². The number of rotatable bonds is 5. The minimum atomic E-state index is -0.707. The number of hydrogen-bond donors (Lipinski definition) is 1. The first kappa shape index (κ1) is 20.4. The lowest BCUT2D eigenvalue weighted by molar-refractivity contribution is -0.122. The Hall–Kier alpha value is -3.33. The fraction of sp³-hybridized carbons (Fsp3) is 0.348. The lowest BCUT2D eigenvalue weighted by Gasteiger charge is -2.20. The maximum atomic E-state index is 12.6. The Morgan fingerprint density at radius 3 is 2.21 bits per heavy atom. The molecule has 0 spiro atoms. The Morgan fingerprint density at radius 1 is 1.00 bits per heavy atom. The number of anilines is 1. The van der Waals surface area contributed by atoms with Gasteiger partial charge in [0.2, 0.25) is 0 Å². The van der Waals surface area contributed by atoms with Gasteiger partial charge in [0.15, 0.2) is 6.10 Å². The van der Waals surface area contributed by atoms with Gasteiger partial charge >= 0.3 is 0 Å². The topological polar surface area (TPSA) is 82.4 Å². The van der Waals surface area contributed by atoms with Crippen molar-refractivity contribution in [3.05, 3.63) is 59.7 Å². The van der Waals surface area contributed by atoms with Crippen LogP contribution < -0.4 is 10.1 Å². The number of hydrogen-bond acceptors (Lipinski definition) is 4. The minimum absolute atomic E-state index is 0.0438. The van der Waals surface area contributed by atoms with E-state index in [4.69, 9.17) is 10.00 Å². The van der Waals surface area contributed by atoms with Crippen molar-refractivity contribution < 1.29 is 14.3 Å². The third kappa shape index (κ3) is 5.58. The number of amides is 2. The molecule has 1 saturated heterocycles. The van der Waals surface area contributed by atoms with Crippen LogP contribution in [0.3, 0.4) is 0 Å². The fourth-order valence-electron chi connectivity index (χ4n) is 3.26. The van der Waals surface area contributed by atoms with E-state index in [-0.39, 0.29) is 11.8 Å². The van der Waals surface area contributed by atoms with Crippen LogP contribution in [0.5, 0.6) is 5.75 Å². The van der Waals surface area contributed by atoms with Crippen LogP contribution >= 0.6 is 0 Å². The highest BCUT2D eigenvalue weighted by molar-refractivity contribution is 5.96. The maximum absolute atomic E-state index is 12.6.